The van der Waals surface area contributed by atoms with E-state index in [1.54, 1.807) is 4.52 Å². The summed E-state index contributed by atoms with van der Waals surface area (Å²) >= 11 is 3.38. The highest BCUT2D eigenvalue weighted by atomic mass is 79.9. The van der Waals surface area contributed by atoms with E-state index >= 15 is 0 Å². The monoisotopic (exact) mass is 297 g/mol. The lowest BCUT2D eigenvalue weighted by atomic mass is 9.98. The maximum Gasteiger partial charge on any atom is 0.243 e. The Morgan fingerprint density at radius 3 is 3.06 bits per heavy atom. The summed E-state index contributed by atoms with van der Waals surface area (Å²) < 4.78 is 2.64. The second kappa shape index (κ2) is 3.94. The van der Waals surface area contributed by atoms with Crippen LogP contribution in [0, 0.1) is 0 Å². The summed E-state index contributed by atoms with van der Waals surface area (Å²) in [6.07, 6.45) is 1.84. The predicted octanol–water partition coefficient (Wildman–Crippen LogP) is 0.238. The molecule has 6 nitrogen and oxygen atoms in total. The number of pyridine rings is 1. The molecule has 0 spiro atoms. The fourth-order valence-corrected chi connectivity index (χ4v) is 2.04. The normalized spacial score (nSPS) is 18.0. The molecule has 0 bridgehead atoms. The molecule has 0 aromatic carbocycles. The first-order chi connectivity index (χ1) is 8.15. The Kier molecular flexibility index (Phi) is 2.53. The second-order valence-corrected chi connectivity index (χ2v) is 5.18. The van der Waals surface area contributed by atoms with Crippen molar-refractivity contribution in [1.82, 2.24) is 19.9 Å². The van der Waals surface area contributed by atoms with Crippen molar-refractivity contribution in [2.45, 2.75) is 5.60 Å². The number of nitrogens with one attached hydrogen (secondary N) is 2. The van der Waals surface area contributed by atoms with Gasteiger partial charge in [-0.2, -0.15) is 4.98 Å². The summed E-state index contributed by atoms with van der Waals surface area (Å²) in [5.74, 6) is 0.531. The van der Waals surface area contributed by atoms with Gasteiger partial charge < -0.3 is 15.7 Å². The van der Waals surface area contributed by atoms with Gasteiger partial charge in [0.1, 0.15) is 5.60 Å². The standard InChI is InChI=1S/C10H12BrN5O/c11-7-1-2-8-14-9(15-16(8)3-7)13-6-10(17)4-12-5-10/h1-3,12,17H,4-6H2,(H,13,15). The van der Waals surface area contributed by atoms with Crippen molar-refractivity contribution < 1.29 is 5.11 Å². The lowest BCUT2D eigenvalue weighted by Crippen LogP contribution is -2.63. The summed E-state index contributed by atoms with van der Waals surface area (Å²) in [7, 11) is 0. The Balaban J connectivity index is 1.76. The Hall–Kier alpha value is -1.18. The number of fused-ring (bicyclic) bond motifs is 1. The van der Waals surface area contributed by atoms with Crippen LogP contribution in [0.5, 0.6) is 0 Å². The van der Waals surface area contributed by atoms with Gasteiger partial charge in [-0.25, -0.2) is 4.52 Å². The van der Waals surface area contributed by atoms with Crippen LogP contribution in [0.25, 0.3) is 5.65 Å². The van der Waals surface area contributed by atoms with Gasteiger partial charge >= 0.3 is 0 Å². The van der Waals surface area contributed by atoms with Crippen LogP contribution in [0.3, 0.4) is 0 Å². The van der Waals surface area contributed by atoms with Gasteiger partial charge in [0.15, 0.2) is 5.65 Å². The summed E-state index contributed by atoms with van der Waals surface area (Å²) in [6, 6.07) is 3.79. The van der Waals surface area contributed by atoms with Crippen LogP contribution in [0.2, 0.25) is 0 Å². The predicted molar refractivity (Wildman–Crippen MR) is 67.0 cm³/mol. The van der Waals surface area contributed by atoms with Gasteiger partial charge in [-0.1, -0.05) is 0 Å². The van der Waals surface area contributed by atoms with E-state index < -0.39 is 5.60 Å². The maximum absolute atomic E-state index is 9.90. The largest absolute Gasteiger partial charge is 0.385 e. The van der Waals surface area contributed by atoms with Crippen molar-refractivity contribution in [3.05, 3.63) is 22.8 Å². The molecule has 0 unspecified atom stereocenters. The molecule has 1 aliphatic heterocycles. The van der Waals surface area contributed by atoms with E-state index in [0.717, 1.165) is 10.1 Å². The molecule has 7 heteroatoms. The van der Waals surface area contributed by atoms with Gasteiger partial charge in [0.2, 0.25) is 5.95 Å². The molecule has 90 valence electrons. The zero-order chi connectivity index (χ0) is 11.9. The average molecular weight is 298 g/mol. The molecular weight excluding hydrogens is 286 g/mol. The summed E-state index contributed by atoms with van der Waals surface area (Å²) in [6.45, 7) is 1.68. The number of anilines is 1. The Bertz CT molecular complexity index is 551. The number of halogens is 1. The van der Waals surface area contributed by atoms with Crippen molar-refractivity contribution in [1.29, 1.82) is 0 Å². The van der Waals surface area contributed by atoms with Crippen molar-refractivity contribution in [2.24, 2.45) is 0 Å². The molecule has 1 saturated heterocycles. The van der Waals surface area contributed by atoms with Crippen molar-refractivity contribution in [2.75, 3.05) is 25.0 Å². The lowest BCUT2D eigenvalue weighted by molar-refractivity contribution is 0.00299. The Morgan fingerprint density at radius 2 is 2.35 bits per heavy atom. The first-order valence-corrected chi connectivity index (χ1v) is 6.13. The van der Waals surface area contributed by atoms with E-state index in [-0.39, 0.29) is 0 Å². The lowest BCUT2D eigenvalue weighted by Gasteiger charge is -2.37. The third kappa shape index (κ3) is 2.13. The van der Waals surface area contributed by atoms with Gasteiger partial charge in [0, 0.05) is 30.3 Å². The summed E-state index contributed by atoms with van der Waals surface area (Å²) in [4.78, 5) is 4.30. The van der Waals surface area contributed by atoms with Gasteiger partial charge in [-0.15, -0.1) is 5.10 Å². The highest BCUT2D eigenvalue weighted by molar-refractivity contribution is 9.10. The average Bonchev–Trinajstić information content (AvgIpc) is 2.65. The fraction of sp³-hybridized carbons (Fsp3) is 0.400. The zero-order valence-electron chi connectivity index (χ0n) is 9.02. The second-order valence-electron chi connectivity index (χ2n) is 4.27. The van der Waals surface area contributed by atoms with Gasteiger partial charge in [0.05, 0.1) is 0 Å². The van der Waals surface area contributed by atoms with Crippen LogP contribution in [-0.2, 0) is 0 Å². The molecule has 2 aromatic rings. The first kappa shape index (κ1) is 10.9. The third-order valence-corrected chi connectivity index (χ3v) is 3.25. The number of β-amino-alcohol motifs (C(OH)–C–C–N with tert-alkyl or cyclic N) is 1. The van der Waals surface area contributed by atoms with Crippen molar-refractivity contribution >= 4 is 27.5 Å². The van der Waals surface area contributed by atoms with E-state index in [4.69, 9.17) is 0 Å². The molecule has 17 heavy (non-hydrogen) atoms. The molecule has 0 amide bonds. The van der Waals surface area contributed by atoms with Gasteiger partial charge in [0.25, 0.3) is 0 Å². The number of hydrogen-bond acceptors (Lipinski definition) is 5. The molecule has 2 aromatic heterocycles. The SMILES string of the molecule is OC1(CNc2nc3ccc(Br)cn3n2)CNC1. The minimum absolute atomic E-state index is 0.456. The molecule has 0 radical (unpaired) electrons. The van der Waals surface area contributed by atoms with Crippen LogP contribution in [0.1, 0.15) is 0 Å². The number of hydrogen-bond donors (Lipinski definition) is 3. The minimum atomic E-state index is -0.669. The van der Waals surface area contributed by atoms with Crippen LogP contribution in [-0.4, -0.2) is 44.9 Å². The van der Waals surface area contributed by atoms with E-state index in [9.17, 15) is 5.11 Å². The number of aromatic nitrogens is 3. The van der Waals surface area contributed by atoms with Crippen LogP contribution in [0.4, 0.5) is 5.95 Å². The molecule has 0 saturated carbocycles. The van der Waals surface area contributed by atoms with E-state index in [0.29, 0.717) is 25.6 Å². The fourth-order valence-electron chi connectivity index (χ4n) is 1.72. The Labute approximate surface area is 106 Å². The molecule has 0 aliphatic carbocycles. The highest BCUT2D eigenvalue weighted by Gasteiger charge is 2.34. The van der Waals surface area contributed by atoms with E-state index in [1.807, 2.05) is 18.3 Å². The van der Waals surface area contributed by atoms with Crippen molar-refractivity contribution in [3.63, 3.8) is 0 Å². The number of aliphatic hydroxyl groups is 1. The van der Waals surface area contributed by atoms with Crippen LogP contribution in [0.15, 0.2) is 22.8 Å². The third-order valence-electron chi connectivity index (χ3n) is 2.78. The molecule has 1 aliphatic rings. The quantitative estimate of drug-likeness (QED) is 0.757. The smallest absolute Gasteiger partial charge is 0.243 e. The molecule has 0 atom stereocenters. The minimum Gasteiger partial charge on any atom is -0.385 e. The van der Waals surface area contributed by atoms with Crippen molar-refractivity contribution in [3.8, 4) is 0 Å². The van der Waals surface area contributed by atoms with Gasteiger partial charge in [-0.05, 0) is 28.1 Å². The molecule has 3 rings (SSSR count). The molecule has 3 heterocycles. The summed E-state index contributed by atoms with van der Waals surface area (Å²) in [5.41, 5.74) is 0.104. The van der Waals surface area contributed by atoms with Crippen LogP contribution < -0.4 is 10.6 Å². The van der Waals surface area contributed by atoms with E-state index in [1.165, 1.54) is 0 Å². The first-order valence-electron chi connectivity index (χ1n) is 5.34. The van der Waals surface area contributed by atoms with E-state index in [2.05, 4.69) is 36.6 Å². The number of rotatable bonds is 3. The summed E-state index contributed by atoms with van der Waals surface area (Å²) in [5, 5.41) is 20.2. The molecule has 1 fully saturated rings. The molecular formula is C10H12BrN5O. The maximum atomic E-state index is 9.90. The van der Waals surface area contributed by atoms with Crippen LogP contribution >= 0.6 is 15.9 Å². The Morgan fingerprint density at radius 1 is 1.53 bits per heavy atom. The highest BCUT2D eigenvalue weighted by Crippen LogP contribution is 2.14. The van der Waals surface area contributed by atoms with Gasteiger partial charge in [-0.3, -0.25) is 0 Å². The number of nitrogens with zero attached hydrogens (tertiary/aromatic N) is 3. The zero-order valence-corrected chi connectivity index (χ0v) is 10.6. The topological polar surface area (TPSA) is 74.5 Å². The molecule has 3 N–H and O–H groups in total.